The molecule has 1 amide bonds. The summed E-state index contributed by atoms with van der Waals surface area (Å²) < 4.78 is 0. The Hall–Kier alpha value is -1.35. The maximum atomic E-state index is 12.1. The molecule has 0 radical (unpaired) electrons. The molecule has 0 unspecified atom stereocenters. The van der Waals surface area contributed by atoms with Crippen molar-refractivity contribution in [3.63, 3.8) is 0 Å². The lowest BCUT2D eigenvalue weighted by Crippen LogP contribution is -2.38. The number of amides is 1. The average molecular weight is 261 g/mol. The number of hydrogen-bond acceptors (Lipinski definition) is 2. The second kappa shape index (κ2) is 6.71. The Kier molecular flexibility index (Phi) is 4.97. The topological polar surface area (TPSA) is 49.3 Å². The van der Waals surface area contributed by atoms with Gasteiger partial charge in [-0.05, 0) is 49.8 Å². The molecule has 1 aromatic rings. The Morgan fingerprint density at radius 2 is 1.84 bits per heavy atom. The third-order valence-corrected chi connectivity index (χ3v) is 3.79. The van der Waals surface area contributed by atoms with Crippen LogP contribution in [0.15, 0.2) is 24.3 Å². The zero-order valence-corrected chi connectivity index (χ0v) is 11.6. The van der Waals surface area contributed by atoms with E-state index >= 15 is 0 Å². The van der Waals surface area contributed by atoms with Crippen molar-refractivity contribution in [3.05, 3.63) is 35.4 Å². The molecule has 0 heterocycles. The first-order valence-electron chi connectivity index (χ1n) is 7.27. The monoisotopic (exact) mass is 261 g/mol. The van der Waals surface area contributed by atoms with E-state index in [1.165, 1.54) is 5.56 Å². The first kappa shape index (κ1) is 14.1. The van der Waals surface area contributed by atoms with E-state index in [-0.39, 0.29) is 18.1 Å². The highest BCUT2D eigenvalue weighted by Crippen LogP contribution is 2.18. The van der Waals surface area contributed by atoms with Crippen LogP contribution < -0.4 is 5.32 Å². The van der Waals surface area contributed by atoms with Crippen molar-refractivity contribution in [3.8, 4) is 0 Å². The van der Waals surface area contributed by atoms with Gasteiger partial charge in [0.05, 0.1) is 6.10 Å². The molecule has 0 aliphatic heterocycles. The van der Waals surface area contributed by atoms with E-state index in [0.717, 1.165) is 44.1 Å². The van der Waals surface area contributed by atoms with Crippen LogP contribution in [0, 0.1) is 0 Å². The van der Waals surface area contributed by atoms with Crippen LogP contribution in [0.1, 0.15) is 54.9 Å². The first-order chi connectivity index (χ1) is 9.19. The molecule has 1 aromatic carbocycles. The third-order valence-electron chi connectivity index (χ3n) is 3.79. The Balaban J connectivity index is 1.88. The van der Waals surface area contributed by atoms with Crippen molar-refractivity contribution >= 4 is 5.91 Å². The Labute approximate surface area is 115 Å². The largest absolute Gasteiger partial charge is 0.393 e. The van der Waals surface area contributed by atoms with Gasteiger partial charge in [-0.2, -0.15) is 0 Å². The van der Waals surface area contributed by atoms with E-state index in [9.17, 15) is 9.90 Å². The van der Waals surface area contributed by atoms with Crippen LogP contribution in [-0.4, -0.2) is 23.2 Å². The van der Waals surface area contributed by atoms with Gasteiger partial charge in [0.2, 0.25) is 0 Å². The molecule has 104 valence electrons. The van der Waals surface area contributed by atoms with Crippen LogP contribution in [0.25, 0.3) is 0 Å². The average Bonchev–Trinajstić information content (AvgIpc) is 2.42. The highest BCUT2D eigenvalue weighted by Gasteiger charge is 2.21. The summed E-state index contributed by atoms with van der Waals surface area (Å²) in [6.45, 7) is 2.15. The second-order valence-corrected chi connectivity index (χ2v) is 5.43. The van der Waals surface area contributed by atoms with Gasteiger partial charge in [-0.15, -0.1) is 0 Å². The Bertz CT molecular complexity index is 405. The molecule has 2 N–H and O–H groups in total. The predicted molar refractivity (Wildman–Crippen MR) is 76.2 cm³/mol. The van der Waals surface area contributed by atoms with Gasteiger partial charge >= 0.3 is 0 Å². The van der Waals surface area contributed by atoms with Crippen LogP contribution in [0.3, 0.4) is 0 Å². The van der Waals surface area contributed by atoms with E-state index in [0.29, 0.717) is 0 Å². The van der Waals surface area contributed by atoms with Gasteiger partial charge in [-0.25, -0.2) is 0 Å². The fourth-order valence-electron chi connectivity index (χ4n) is 2.60. The molecule has 0 spiro atoms. The van der Waals surface area contributed by atoms with E-state index in [1.807, 2.05) is 24.3 Å². The summed E-state index contributed by atoms with van der Waals surface area (Å²) in [5.41, 5.74) is 2.01. The molecule has 1 aliphatic rings. The lowest BCUT2D eigenvalue weighted by atomic mass is 9.93. The zero-order chi connectivity index (χ0) is 13.7. The number of rotatable bonds is 4. The molecular formula is C16H23NO2. The number of carbonyl (C=O) groups excluding carboxylic acids is 1. The number of nitrogens with one attached hydrogen (secondary N) is 1. The summed E-state index contributed by atoms with van der Waals surface area (Å²) in [5.74, 6) is 0.00411. The van der Waals surface area contributed by atoms with Gasteiger partial charge < -0.3 is 10.4 Å². The van der Waals surface area contributed by atoms with Crippen molar-refractivity contribution in [2.45, 2.75) is 57.6 Å². The lowest BCUT2D eigenvalue weighted by molar-refractivity contribution is 0.0867. The Morgan fingerprint density at radius 3 is 2.42 bits per heavy atom. The van der Waals surface area contributed by atoms with Crippen LogP contribution in [0.2, 0.25) is 0 Å². The molecule has 3 nitrogen and oxygen atoms in total. The molecule has 3 heteroatoms. The summed E-state index contributed by atoms with van der Waals surface area (Å²) >= 11 is 0. The predicted octanol–water partition coefficient (Wildman–Crippen LogP) is 2.67. The van der Waals surface area contributed by atoms with Crippen molar-refractivity contribution in [1.82, 2.24) is 5.32 Å². The number of aliphatic hydroxyl groups excluding tert-OH is 1. The number of aliphatic hydroxyl groups is 1. The summed E-state index contributed by atoms with van der Waals surface area (Å²) in [4.78, 5) is 12.1. The van der Waals surface area contributed by atoms with Crippen LogP contribution >= 0.6 is 0 Å². The molecule has 1 fully saturated rings. The smallest absolute Gasteiger partial charge is 0.251 e. The number of benzene rings is 1. The molecule has 2 rings (SSSR count). The summed E-state index contributed by atoms with van der Waals surface area (Å²) in [5, 5.41) is 12.5. The highest BCUT2D eigenvalue weighted by molar-refractivity contribution is 5.94. The maximum absolute atomic E-state index is 12.1. The molecule has 1 aliphatic carbocycles. The van der Waals surface area contributed by atoms with Crippen molar-refractivity contribution < 1.29 is 9.90 Å². The van der Waals surface area contributed by atoms with Crippen molar-refractivity contribution in [1.29, 1.82) is 0 Å². The van der Waals surface area contributed by atoms with Crippen LogP contribution in [0.4, 0.5) is 0 Å². The minimum Gasteiger partial charge on any atom is -0.393 e. The van der Waals surface area contributed by atoms with E-state index < -0.39 is 0 Å². The molecule has 0 atom stereocenters. The fourth-order valence-corrected chi connectivity index (χ4v) is 2.60. The lowest BCUT2D eigenvalue weighted by Gasteiger charge is -2.26. The molecule has 0 aromatic heterocycles. The van der Waals surface area contributed by atoms with Gasteiger partial charge in [-0.3, -0.25) is 4.79 Å². The number of carbonyl (C=O) groups is 1. The SMILES string of the molecule is CCCc1ccc(C(=O)NC2CCC(O)CC2)cc1. The van der Waals surface area contributed by atoms with E-state index in [1.54, 1.807) is 0 Å². The van der Waals surface area contributed by atoms with Crippen LogP contribution in [0.5, 0.6) is 0 Å². The molecule has 0 saturated heterocycles. The molecule has 1 saturated carbocycles. The summed E-state index contributed by atoms with van der Waals surface area (Å²) in [6.07, 6.45) is 5.34. The minimum absolute atomic E-state index is 0.00411. The summed E-state index contributed by atoms with van der Waals surface area (Å²) in [6, 6.07) is 8.08. The van der Waals surface area contributed by atoms with Gasteiger partial charge in [-0.1, -0.05) is 25.5 Å². The second-order valence-electron chi connectivity index (χ2n) is 5.43. The van der Waals surface area contributed by atoms with Gasteiger partial charge in [0.25, 0.3) is 5.91 Å². The Morgan fingerprint density at radius 1 is 1.21 bits per heavy atom. The van der Waals surface area contributed by atoms with Gasteiger partial charge in [0, 0.05) is 11.6 Å². The maximum Gasteiger partial charge on any atom is 0.251 e. The van der Waals surface area contributed by atoms with Gasteiger partial charge in [0.15, 0.2) is 0 Å². The van der Waals surface area contributed by atoms with E-state index in [2.05, 4.69) is 12.2 Å². The zero-order valence-electron chi connectivity index (χ0n) is 11.6. The van der Waals surface area contributed by atoms with E-state index in [4.69, 9.17) is 0 Å². The number of aryl methyl sites for hydroxylation is 1. The minimum atomic E-state index is -0.179. The molecular weight excluding hydrogens is 238 g/mol. The molecule has 19 heavy (non-hydrogen) atoms. The third kappa shape index (κ3) is 4.06. The first-order valence-corrected chi connectivity index (χ1v) is 7.27. The quantitative estimate of drug-likeness (QED) is 0.875. The highest BCUT2D eigenvalue weighted by atomic mass is 16.3. The fraction of sp³-hybridized carbons (Fsp3) is 0.562. The normalized spacial score (nSPS) is 23.1. The summed E-state index contributed by atoms with van der Waals surface area (Å²) in [7, 11) is 0. The van der Waals surface area contributed by atoms with Crippen molar-refractivity contribution in [2.24, 2.45) is 0 Å². The van der Waals surface area contributed by atoms with Crippen molar-refractivity contribution in [2.75, 3.05) is 0 Å². The standard InChI is InChI=1S/C16H23NO2/c1-2-3-12-4-6-13(7-5-12)16(19)17-14-8-10-15(18)11-9-14/h4-7,14-15,18H,2-3,8-11H2,1H3,(H,17,19). The number of hydrogen-bond donors (Lipinski definition) is 2. The molecule has 0 bridgehead atoms. The van der Waals surface area contributed by atoms with Gasteiger partial charge in [0.1, 0.15) is 0 Å². The van der Waals surface area contributed by atoms with Crippen LogP contribution in [-0.2, 0) is 6.42 Å².